The molecule has 2 aliphatic heterocycles. The van der Waals surface area contributed by atoms with E-state index in [0.29, 0.717) is 5.89 Å². The topological polar surface area (TPSA) is 63.4 Å². The van der Waals surface area contributed by atoms with Crippen LogP contribution < -0.4 is 5.32 Å². The highest BCUT2D eigenvalue weighted by Gasteiger charge is 2.26. The number of ether oxygens (including phenoxy) is 1. The lowest BCUT2D eigenvalue weighted by Gasteiger charge is -2.30. The molecular formula is C13H23ClN4O2. The van der Waals surface area contributed by atoms with E-state index >= 15 is 0 Å². The smallest absolute Gasteiger partial charge is 0.229 e. The zero-order valence-electron chi connectivity index (χ0n) is 11.9. The minimum atomic E-state index is 0. The Morgan fingerprint density at radius 1 is 1.40 bits per heavy atom. The second-order valence-corrected chi connectivity index (χ2v) is 5.44. The molecule has 3 rings (SSSR count). The molecule has 2 saturated heterocycles. The first-order valence-corrected chi connectivity index (χ1v) is 7.18. The molecule has 114 valence electrons. The molecular weight excluding hydrogens is 280 g/mol. The Labute approximate surface area is 125 Å². The summed E-state index contributed by atoms with van der Waals surface area (Å²) in [5, 5.41) is 7.50. The average molecular weight is 303 g/mol. The van der Waals surface area contributed by atoms with Crippen molar-refractivity contribution in [2.24, 2.45) is 0 Å². The number of nitrogens with zero attached hydrogens (tertiary/aromatic N) is 3. The van der Waals surface area contributed by atoms with Crippen molar-refractivity contribution in [3.05, 3.63) is 11.7 Å². The fourth-order valence-corrected chi connectivity index (χ4v) is 2.74. The number of nitrogens with one attached hydrogen (secondary N) is 1. The SMILES string of the molecule is CN1CCNCC1c1noc(CC2CCCCO2)n1.Cl. The van der Waals surface area contributed by atoms with Crippen molar-refractivity contribution >= 4 is 12.4 Å². The maximum atomic E-state index is 5.71. The number of piperazine rings is 1. The Hall–Kier alpha value is -0.690. The van der Waals surface area contributed by atoms with Crippen LogP contribution in [0.5, 0.6) is 0 Å². The van der Waals surface area contributed by atoms with Crippen LogP contribution in [0, 0.1) is 0 Å². The largest absolute Gasteiger partial charge is 0.378 e. The number of rotatable bonds is 3. The van der Waals surface area contributed by atoms with Crippen LogP contribution in [0.25, 0.3) is 0 Å². The fourth-order valence-electron chi connectivity index (χ4n) is 2.74. The third-order valence-corrected chi connectivity index (χ3v) is 3.97. The van der Waals surface area contributed by atoms with Gasteiger partial charge < -0.3 is 14.6 Å². The van der Waals surface area contributed by atoms with Crippen LogP contribution in [0.1, 0.15) is 37.0 Å². The van der Waals surface area contributed by atoms with E-state index in [9.17, 15) is 0 Å². The highest BCUT2D eigenvalue weighted by molar-refractivity contribution is 5.85. The minimum Gasteiger partial charge on any atom is -0.378 e. The van der Waals surface area contributed by atoms with Gasteiger partial charge in [-0.25, -0.2) is 0 Å². The fraction of sp³-hybridized carbons (Fsp3) is 0.846. The lowest BCUT2D eigenvalue weighted by molar-refractivity contribution is 0.0124. The summed E-state index contributed by atoms with van der Waals surface area (Å²) in [5.74, 6) is 1.50. The van der Waals surface area contributed by atoms with Crippen molar-refractivity contribution < 1.29 is 9.26 Å². The van der Waals surface area contributed by atoms with Gasteiger partial charge in [0.15, 0.2) is 5.82 Å². The van der Waals surface area contributed by atoms with Crippen molar-refractivity contribution in [1.29, 1.82) is 0 Å². The molecule has 0 bridgehead atoms. The summed E-state index contributed by atoms with van der Waals surface area (Å²) in [7, 11) is 2.10. The van der Waals surface area contributed by atoms with Crippen LogP contribution in [-0.2, 0) is 11.2 Å². The molecule has 0 radical (unpaired) electrons. The van der Waals surface area contributed by atoms with Crippen molar-refractivity contribution in [2.45, 2.75) is 37.8 Å². The Bertz CT molecular complexity index is 409. The quantitative estimate of drug-likeness (QED) is 0.904. The molecule has 1 aromatic rings. The summed E-state index contributed by atoms with van der Waals surface area (Å²) >= 11 is 0. The Kier molecular flexibility index (Phi) is 5.77. The first-order valence-electron chi connectivity index (χ1n) is 7.18. The number of aromatic nitrogens is 2. The Morgan fingerprint density at radius 2 is 2.30 bits per heavy atom. The zero-order valence-corrected chi connectivity index (χ0v) is 12.7. The van der Waals surface area contributed by atoms with E-state index in [1.165, 1.54) is 12.8 Å². The normalized spacial score (nSPS) is 28.1. The van der Waals surface area contributed by atoms with Crippen LogP contribution in [0.3, 0.4) is 0 Å². The summed E-state index contributed by atoms with van der Waals surface area (Å²) in [6.45, 7) is 3.78. The molecule has 2 aliphatic rings. The van der Waals surface area contributed by atoms with Crippen molar-refractivity contribution in [3.8, 4) is 0 Å². The van der Waals surface area contributed by atoms with Crippen LogP contribution in [0.2, 0.25) is 0 Å². The van der Waals surface area contributed by atoms with Crippen LogP contribution in [0.15, 0.2) is 4.52 Å². The van der Waals surface area contributed by atoms with E-state index in [1.807, 2.05) is 0 Å². The standard InChI is InChI=1S/C13H22N4O2.ClH/c1-17-6-5-14-9-11(17)13-15-12(19-16-13)8-10-4-2-3-7-18-10;/h10-11,14H,2-9H2,1H3;1H. The van der Waals surface area contributed by atoms with Gasteiger partial charge >= 0.3 is 0 Å². The number of likely N-dealkylation sites (N-methyl/N-ethyl adjacent to an activating group) is 1. The predicted octanol–water partition coefficient (Wildman–Crippen LogP) is 1.18. The van der Waals surface area contributed by atoms with E-state index in [2.05, 4.69) is 27.4 Å². The van der Waals surface area contributed by atoms with E-state index < -0.39 is 0 Å². The summed E-state index contributed by atoms with van der Waals surface area (Å²) in [6, 6.07) is 0.221. The lowest BCUT2D eigenvalue weighted by Crippen LogP contribution is -2.44. The minimum absolute atomic E-state index is 0. The van der Waals surface area contributed by atoms with E-state index in [-0.39, 0.29) is 24.6 Å². The third-order valence-electron chi connectivity index (χ3n) is 3.97. The maximum Gasteiger partial charge on any atom is 0.229 e. The van der Waals surface area contributed by atoms with Gasteiger partial charge in [-0.3, -0.25) is 4.90 Å². The number of hydrogen-bond donors (Lipinski definition) is 1. The lowest BCUT2D eigenvalue weighted by atomic mass is 10.1. The molecule has 0 amide bonds. The first-order chi connectivity index (χ1) is 9.33. The second kappa shape index (κ2) is 7.36. The van der Waals surface area contributed by atoms with Crippen molar-refractivity contribution in [3.63, 3.8) is 0 Å². The summed E-state index contributed by atoms with van der Waals surface area (Å²) in [6.07, 6.45) is 4.51. The number of hydrogen-bond acceptors (Lipinski definition) is 6. The van der Waals surface area contributed by atoms with Gasteiger partial charge in [0, 0.05) is 26.2 Å². The zero-order chi connectivity index (χ0) is 13.1. The second-order valence-electron chi connectivity index (χ2n) is 5.44. The van der Waals surface area contributed by atoms with Gasteiger partial charge in [-0.15, -0.1) is 12.4 Å². The molecule has 0 spiro atoms. The van der Waals surface area contributed by atoms with Crippen LogP contribution >= 0.6 is 12.4 Å². The summed E-state index contributed by atoms with van der Waals surface area (Å²) in [5.41, 5.74) is 0. The average Bonchev–Trinajstić information content (AvgIpc) is 2.89. The van der Waals surface area contributed by atoms with Gasteiger partial charge in [0.05, 0.1) is 18.6 Å². The molecule has 1 N–H and O–H groups in total. The van der Waals surface area contributed by atoms with Gasteiger partial charge in [0.25, 0.3) is 0 Å². The molecule has 20 heavy (non-hydrogen) atoms. The molecule has 2 atom stereocenters. The van der Waals surface area contributed by atoms with Gasteiger partial charge in [-0.2, -0.15) is 4.98 Å². The first kappa shape index (κ1) is 15.7. The Balaban J connectivity index is 0.00000147. The highest BCUT2D eigenvalue weighted by atomic mass is 35.5. The van der Waals surface area contributed by atoms with Gasteiger partial charge in [-0.1, -0.05) is 5.16 Å². The molecule has 0 aliphatic carbocycles. The van der Waals surface area contributed by atoms with Crippen molar-refractivity contribution in [2.75, 3.05) is 33.3 Å². The van der Waals surface area contributed by atoms with Gasteiger partial charge in [0.2, 0.25) is 5.89 Å². The molecule has 2 unspecified atom stereocenters. The van der Waals surface area contributed by atoms with E-state index in [1.54, 1.807) is 0 Å². The Morgan fingerprint density at radius 3 is 3.05 bits per heavy atom. The maximum absolute atomic E-state index is 5.71. The summed E-state index contributed by atoms with van der Waals surface area (Å²) < 4.78 is 11.1. The highest BCUT2D eigenvalue weighted by Crippen LogP contribution is 2.20. The monoisotopic (exact) mass is 302 g/mol. The predicted molar refractivity (Wildman–Crippen MR) is 77.1 cm³/mol. The third kappa shape index (κ3) is 3.69. The summed E-state index contributed by atoms with van der Waals surface area (Å²) in [4.78, 5) is 6.81. The van der Waals surface area contributed by atoms with Crippen LogP contribution in [0.4, 0.5) is 0 Å². The molecule has 6 nitrogen and oxygen atoms in total. The molecule has 0 saturated carbocycles. The molecule has 1 aromatic heterocycles. The number of halogens is 1. The van der Waals surface area contributed by atoms with Crippen LogP contribution in [-0.4, -0.2) is 54.4 Å². The molecule has 3 heterocycles. The molecule has 0 aromatic carbocycles. The van der Waals surface area contributed by atoms with E-state index in [0.717, 1.165) is 44.9 Å². The van der Waals surface area contributed by atoms with Crippen molar-refractivity contribution in [1.82, 2.24) is 20.4 Å². The van der Waals surface area contributed by atoms with E-state index in [4.69, 9.17) is 9.26 Å². The van der Waals surface area contributed by atoms with Gasteiger partial charge in [0.1, 0.15) is 0 Å². The van der Waals surface area contributed by atoms with Gasteiger partial charge in [-0.05, 0) is 26.3 Å². The molecule has 2 fully saturated rings. The molecule has 7 heteroatoms.